The first-order chi connectivity index (χ1) is 26.7. The average molecular weight is 788 g/mol. The van der Waals surface area contributed by atoms with Crippen LogP contribution < -0.4 is 4.74 Å². The van der Waals surface area contributed by atoms with Crippen molar-refractivity contribution in [1.82, 2.24) is 0 Å². The Hall–Kier alpha value is -2.35. The fourth-order valence-electron chi connectivity index (χ4n) is 8.52. The molecule has 2 aliphatic carbocycles. The van der Waals surface area contributed by atoms with Crippen molar-refractivity contribution in [1.29, 1.82) is 0 Å². The van der Waals surface area contributed by atoms with Crippen molar-refractivity contribution in [2.45, 2.75) is 199 Å². The van der Waals surface area contributed by atoms with Gasteiger partial charge >= 0.3 is 11.9 Å². The Labute approximate surface area is 338 Å². The van der Waals surface area contributed by atoms with Crippen molar-refractivity contribution in [2.75, 3.05) is 6.61 Å². The molecular weight excluding hydrogens is 712 g/mol. The molecular formula is C47H75ClO7. The summed E-state index contributed by atoms with van der Waals surface area (Å²) >= 11 is 6.67. The number of rotatable bonds is 30. The molecule has 0 spiro atoms. The molecule has 3 rings (SSSR count). The molecule has 0 saturated heterocycles. The number of unbranched alkanes of at least 4 members (excludes halogenated alkanes) is 13. The van der Waals surface area contributed by atoms with E-state index in [1.54, 1.807) is 18.2 Å². The fraction of sp³-hybridized carbons (Fsp3) is 0.745. The van der Waals surface area contributed by atoms with Crippen LogP contribution in [0.3, 0.4) is 0 Å². The summed E-state index contributed by atoms with van der Waals surface area (Å²) in [6, 6.07) is 4.82. The van der Waals surface area contributed by atoms with Crippen LogP contribution in [0, 0.1) is 17.3 Å². The van der Waals surface area contributed by atoms with Crippen LogP contribution in [-0.4, -0.2) is 51.5 Å². The van der Waals surface area contributed by atoms with Gasteiger partial charge in [-0.3, -0.25) is 4.79 Å². The van der Waals surface area contributed by atoms with E-state index in [1.807, 2.05) is 13.0 Å². The number of aromatic carboxylic acids is 1. The van der Waals surface area contributed by atoms with E-state index >= 15 is 0 Å². The number of halogens is 1. The molecule has 8 heteroatoms. The van der Waals surface area contributed by atoms with Crippen molar-refractivity contribution < 1.29 is 34.4 Å². The maximum Gasteiger partial charge on any atom is 0.335 e. The van der Waals surface area contributed by atoms with E-state index in [0.29, 0.717) is 50.0 Å². The summed E-state index contributed by atoms with van der Waals surface area (Å²) in [5, 5.41) is 31.1. The van der Waals surface area contributed by atoms with Gasteiger partial charge < -0.3 is 24.8 Å². The van der Waals surface area contributed by atoms with Gasteiger partial charge in [0.2, 0.25) is 0 Å². The zero-order valence-corrected chi connectivity index (χ0v) is 35.3. The van der Waals surface area contributed by atoms with Crippen LogP contribution in [0.15, 0.2) is 42.5 Å². The smallest absolute Gasteiger partial charge is 0.335 e. The quantitative estimate of drug-likeness (QED) is 0.0308. The Balaban J connectivity index is 1.38. The molecule has 0 aromatic heterocycles. The van der Waals surface area contributed by atoms with E-state index in [4.69, 9.17) is 21.1 Å². The largest absolute Gasteiger partial charge is 0.493 e. The highest BCUT2D eigenvalue weighted by atomic mass is 35.5. The van der Waals surface area contributed by atoms with Crippen molar-refractivity contribution in [3.05, 3.63) is 53.6 Å². The first-order valence-electron chi connectivity index (χ1n) is 22.2. The second-order valence-electron chi connectivity index (χ2n) is 16.4. The number of alkyl halides is 1. The van der Waals surface area contributed by atoms with Gasteiger partial charge in [-0.05, 0) is 93.7 Å². The lowest BCUT2D eigenvalue weighted by Crippen LogP contribution is -2.40. The Morgan fingerprint density at radius 1 is 0.909 bits per heavy atom. The average Bonchev–Trinajstić information content (AvgIpc) is 3.42. The molecule has 0 heterocycles. The number of aliphatic hydroxyl groups is 2. The van der Waals surface area contributed by atoms with Crippen LogP contribution in [0.5, 0.6) is 5.75 Å². The van der Waals surface area contributed by atoms with E-state index < -0.39 is 18.2 Å². The Bertz CT molecular complexity index is 1280. The molecule has 2 fully saturated rings. The van der Waals surface area contributed by atoms with Gasteiger partial charge in [0.05, 0.1) is 24.4 Å². The number of benzene rings is 1. The third-order valence-electron chi connectivity index (χ3n) is 12.4. The minimum absolute atomic E-state index is 0.0397. The highest BCUT2D eigenvalue weighted by Gasteiger charge is 2.42. The second-order valence-corrected chi connectivity index (χ2v) is 17.0. The first-order valence-corrected chi connectivity index (χ1v) is 22.6. The van der Waals surface area contributed by atoms with Crippen LogP contribution in [0.25, 0.3) is 0 Å². The molecule has 6 atom stereocenters. The third kappa shape index (κ3) is 16.2. The number of carboxylic acid groups (broad SMARTS) is 1. The summed E-state index contributed by atoms with van der Waals surface area (Å²) < 4.78 is 12.0. The van der Waals surface area contributed by atoms with E-state index in [0.717, 1.165) is 38.5 Å². The van der Waals surface area contributed by atoms with E-state index in [-0.39, 0.29) is 46.7 Å². The number of aliphatic hydroxyl groups excluding tert-OH is 2. The maximum atomic E-state index is 13.0. The number of carbonyl (C=O) groups is 2. The third-order valence-corrected chi connectivity index (χ3v) is 12.9. The van der Waals surface area contributed by atoms with Crippen LogP contribution >= 0.6 is 11.6 Å². The molecule has 55 heavy (non-hydrogen) atoms. The van der Waals surface area contributed by atoms with Crippen molar-refractivity contribution in [3.8, 4) is 5.75 Å². The monoisotopic (exact) mass is 787 g/mol. The summed E-state index contributed by atoms with van der Waals surface area (Å²) in [7, 11) is 0. The lowest BCUT2D eigenvalue weighted by atomic mass is 9.63. The first kappa shape index (κ1) is 47.0. The lowest BCUT2D eigenvalue weighted by molar-refractivity contribution is -0.149. The van der Waals surface area contributed by atoms with Crippen LogP contribution in [0.2, 0.25) is 0 Å². The predicted octanol–water partition coefficient (Wildman–Crippen LogP) is 12.5. The summed E-state index contributed by atoms with van der Waals surface area (Å²) in [5.41, 5.74) is 0.810. The number of carbonyl (C=O) groups excluding carboxylic acids is 1. The summed E-state index contributed by atoms with van der Waals surface area (Å²) in [5.74, 6) is -0.694. The van der Waals surface area contributed by atoms with Crippen LogP contribution in [-0.2, 0) is 9.53 Å². The second kappa shape index (κ2) is 26.5. The summed E-state index contributed by atoms with van der Waals surface area (Å²) in [6.45, 7) is 6.89. The number of hydrogen-bond donors (Lipinski definition) is 3. The summed E-state index contributed by atoms with van der Waals surface area (Å²) in [6.07, 6.45) is 31.8. The van der Waals surface area contributed by atoms with Gasteiger partial charge in [-0.25, -0.2) is 4.79 Å². The predicted molar refractivity (Wildman–Crippen MR) is 225 cm³/mol. The molecule has 0 amide bonds. The SMILES string of the molecule is CCCCCCCCCCCCCCCOc1ccc(C(=O)O)cc1C(CC)OC(=O)CCC/C=C\C[C@@H]1[C@@H](/C=C/C[C@H](O)C2(CC)CCC2)[C@H](O)C[C@H]1Cl. The minimum atomic E-state index is -1.03. The molecule has 0 aliphatic heterocycles. The fourth-order valence-corrected chi connectivity index (χ4v) is 8.97. The number of hydrogen-bond acceptors (Lipinski definition) is 6. The Morgan fingerprint density at radius 3 is 2.15 bits per heavy atom. The van der Waals surface area contributed by atoms with Gasteiger partial charge in [0.25, 0.3) is 0 Å². The molecule has 1 aromatic rings. The molecule has 312 valence electrons. The molecule has 0 radical (unpaired) electrons. The molecule has 1 unspecified atom stereocenters. The molecule has 2 saturated carbocycles. The van der Waals surface area contributed by atoms with Gasteiger partial charge in [-0.2, -0.15) is 0 Å². The van der Waals surface area contributed by atoms with Gasteiger partial charge in [0.1, 0.15) is 11.9 Å². The highest BCUT2D eigenvalue weighted by molar-refractivity contribution is 6.21. The molecule has 7 nitrogen and oxygen atoms in total. The van der Waals surface area contributed by atoms with Gasteiger partial charge in [0.15, 0.2) is 0 Å². The number of esters is 1. The normalized spacial score (nSPS) is 21.9. The van der Waals surface area contributed by atoms with E-state index in [9.17, 15) is 24.9 Å². The van der Waals surface area contributed by atoms with Crippen molar-refractivity contribution >= 4 is 23.5 Å². The zero-order valence-electron chi connectivity index (χ0n) is 34.5. The minimum Gasteiger partial charge on any atom is -0.493 e. The van der Waals surface area contributed by atoms with Crippen molar-refractivity contribution in [2.24, 2.45) is 17.3 Å². The number of carboxylic acids is 1. The molecule has 3 N–H and O–H groups in total. The van der Waals surface area contributed by atoms with E-state index in [1.165, 1.54) is 77.0 Å². The topological polar surface area (TPSA) is 113 Å². The number of allylic oxidation sites excluding steroid dienone is 2. The lowest BCUT2D eigenvalue weighted by Gasteiger charge is -2.45. The number of ether oxygens (including phenoxy) is 2. The van der Waals surface area contributed by atoms with Crippen molar-refractivity contribution in [3.63, 3.8) is 0 Å². The maximum absolute atomic E-state index is 13.0. The molecule has 0 bridgehead atoms. The molecule has 2 aliphatic rings. The Kier molecular flexibility index (Phi) is 22.7. The standard InChI is InChI=1S/C47H75ClO7/c1-4-7-8-9-10-11-12-13-14-15-16-19-22-33-54-43-30-29-36(46(52)53)34-39(43)42(5-2)55-45(51)28-21-18-17-20-25-37-38(41(49)35-40(37)48)26-23-27-44(50)47(6-3)31-24-32-47/h17,20,23,26,29-30,34,37-38,40-42,44,49-50H,4-16,18-19,21-22,24-25,27-28,31-33,35H2,1-3H3,(H,52,53)/b20-17-,26-23+/t37-,38-,40-,41-,42?,44+/m1/s1. The molecule has 1 aromatic carbocycles. The van der Waals surface area contributed by atoms with Crippen LogP contribution in [0.4, 0.5) is 0 Å². The van der Waals surface area contributed by atoms with E-state index in [2.05, 4.69) is 32.1 Å². The summed E-state index contributed by atoms with van der Waals surface area (Å²) in [4.78, 5) is 24.8. The van der Waals surface area contributed by atoms with Gasteiger partial charge in [-0.1, -0.05) is 129 Å². The highest BCUT2D eigenvalue weighted by Crippen LogP contribution is 2.48. The zero-order chi connectivity index (χ0) is 39.9. The Morgan fingerprint density at radius 2 is 1.56 bits per heavy atom. The van der Waals surface area contributed by atoms with Gasteiger partial charge in [0, 0.05) is 23.3 Å². The van der Waals surface area contributed by atoms with Gasteiger partial charge in [-0.15, -0.1) is 11.6 Å². The van der Waals surface area contributed by atoms with Crippen LogP contribution in [0.1, 0.15) is 197 Å².